The van der Waals surface area contributed by atoms with Crippen molar-refractivity contribution in [1.82, 2.24) is 4.98 Å². The van der Waals surface area contributed by atoms with Crippen LogP contribution in [-0.4, -0.2) is 38.0 Å². The normalized spacial score (nSPS) is 10.2. The molecule has 0 unspecified atom stereocenters. The van der Waals surface area contributed by atoms with Gasteiger partial charge in [-0.05, 0) is 19.1 Å². The number of aryl methyl sites for hydroxylation is 1. The number of ketones is 1. The Labute approximate surface area is 143 Å². The van der Waals surface area contributed by atoms with E-state index < -0.39 is 5.91 Å². The van der Waals surface area contributed by atoms with Crippen molar-refractivity contribution in [3.63, 3.8) is 0 Å². The van der Waals surface area contributed by atoms with Crippen LogP contribution in [-0.2, 0) is 0 Å². The minimum absolute atomic E-state index is 0.142. The molecule has 0 saturated heterocycles. The summed E-state index contributed by atoms with van der Waals surface area (Å²) in [4.78, 5) is 28.8. The van der Waals surface area contributed by atoms with Crippen LogP contribution < -0.4 is 19.5 Å². The lowest BCUT2D eigenvalue weighted by Crippen LogP contribution is -2.12. The molecular weight excluding hydrogens is 332 g/mol. The Morgan fingerprint density at radius 1 is 1.08 bits per heavy atom. The molecule has 1 heterocycles. The van der Waals surface area contributed by atoms with Crippen molar-refractivity contribution in [2.75, 3.05) is 26.6 Å². The molecule has 8 heteroatoms. The zero-order chi connectivity index (χ0) is 17.9. The molecule has 0 aliphatic rings. The highest BCUT2D eigenvalue weighted by Crippen LogP contribution is 2.38. The highest BCUT2D eigenvalue weighted by molar-refractivity contribution is 7.16. The predicted octanol–water partition coefficient (Wildman–Crippen LogP) is 2.93. The van der Waals surface area contributed by atoms with Crippen LogP contribution in [0.5, 0.6) is 17.2 Å². The van der Waals surface area contributed by atoms with Crippen LogP contribution in [0.15, 0.2) is 12.1 Å². The standard InChI is InChI=1S/C16H18N2O5S/c1-8(19)13-9(2)24-16(17-13)18-15(20)10-6-11(21-3)14(23-5)12(7-10)22-4/h6-7H,1-5H3,(H,17,18,20). The SMILES string of the molecule is COc1cc(C(=O)Nc2nc(C(C)=O)c(C)s2)cc(OC)c1OC. The summed E-state index contributed by atoms with van der Waals surface area (Å²) in [5, 5.41) is 3.04. The minimum atomic E-state index is -0.391. The molecule has 0 spiro atoms. The molecule has 0 aliphatic heterocycles. The van der Waals surface area contributed by atoms with Crippen LogP contribution in [0.3, 0.4) is 0 Å². The first-order chi connectivity index (χ1) is 11.4. The van der Waals surface area contributed by atoms with Gasteiger partial charge < -0.3 is 14.2 Å². The van der Waals surface area contributed by atoms with E-state index in [1.807, 2.05) is 0 Å². The number of carbonyl (C=O) groups excluding carboxylic acids is 2. The summed E-state index contributed by atoms with van der Waals surface area (Å²) < 4.78 is 15.7. The molecule has 0 atom stereocenters. The second kappa shape index (κ2) is 7.31. The maximum Gasteiger partial charge on any atom is 0.257 e. The number of aromatic nitrogens is 1. The molecule has 1 amide bonds. The van der Waals surface area contributed by atoms with E-state index in [-0.39, 0.29) is 5.78 Å². The third-order valence-electron chi connectivity index (χ3n) is 3.28. The molecule has 0 bridgehead atoms. The number of thiazole rings is 1. The topological polar surface area (TPSA) is 86.8 Å². The number of hydrogen-bond donors (Lipinski definition) is 1. The molecule has 7 nitrogen and oxygen atoms in total. The largest absolute Gasteiger partial charge is 0.493 e. The third-order valence-corrected chi connectivity index (χ3v) is 4.16. The summed E-state index contributed by atoms with van der Waals surface area (Å²) in [5.41, 5.74) is 0.682. The molecule has 1 N–H and O–H groups in total. The van der Waals surface area contributed by atoms with Gasteiger partial charge in [0.2, 0.25) is 5.75 Å². The molecule has 0 fully saturated rings. The summed E-state index contributed by atoms with van der Waals surface area (Å²) in [7, 11) is 4.44. The second-order valence-corrected chi connectivity index (χ2v) is 6.05. The van der Waals surface area contributed by atoms with Gasteiger partial charge in [-0.2, -0.15) is 0 Å². The lowest BCUT2D eigenvalue weighted by Gasteiger charge is -2.13. The number of hydrogen-bond acceptors (Lipinski definition) is 7. The van der Waals surface area contributed by atoms with Crippen LogP contribution in [0.1, 0.15) is 32.6 Å². The van der Waals surface area contributed by atoms with E-state index in [9.17, 15) is 9.59 Å². The first kappa shape index (κ1) is 17.7. The Balaban J connectivity index is 2.33. The number of methoxy groups -OCH3 is 3. The number of ether oxygens (including phenoxy) is 3. The van der Waals surface area contributed by atoms with E-state index >= 15 is 0 Å². The number of anilines is 1. The number of nitrogens with zero attached hydrogens (tertiary/aromatic N) is 1. The van der Waals surface area contributed by atoms with Gasteiger partial charge >= 0.3 is 0 Å². The van der Waals surface area contributed by atoms with Crippen molar-refractivity contribution in [1.29, 1.82) is 0 Å². The first-order valence-electron chi connectivity index (χ1n) is 7.01. The number of Topliss-reactive ketones (excluding diaryl/α,β-unsaturated/α-hetero) is 1. The van der Waals surface area contributed by atoms with E-state index in [4.69, 9.17) is 14.2 Å². The molecule has 1 aromatic carbocycles. The molecule has 0 radical (unpaired) electrons. The van der Waals surface area contributed by atoms with E-state index in [1.54, 1.807) is 19.1 Å². The van der Waals surface area contributed by atoms with Gasteiger partial charge in [0.15, 0.2) is 22.4 Å². The lowest BCUT2D eigenvalue weighted by molar-refractivity contribution is 0.100. The van der Waals surface area contributed by atoms with Gasteiger partial charge in [-0.15, -0.1) is 11.3 Å². The second-order valence-electron chi connectivity index (χ2n) is 4.85. The van der Waals surface area contributed by atoms with Crippen LogP contribution >= 0.6 is 11.3 Å². The Morgan fingerprint density at radius 2 is 1.67 bits per heavy atom. The van der Waals surface area contributed by atoms with Gasteiger partial charge in [0.25, 0.3) is 5.91 Å². The number of carbonyl (C=O) groups is 2. The number of rotatable bonds is 6. The van der Waals surface area contributed by atoms with E-state index in [0.717, 1.165) is 4.88 Å². The Bertz CT molecular complexity index is 760. The quantitative estimate of drug-likeness (QED) is 0.806. The summed E-state index contributed by atoms with van der Waals surface area (Å²) in [6.45, 7) is 3.22. The number of amides is 1. The Kier molecular flexibility index (Phi) is 5.40. The fourth-order valence-corrected chi connectivity index (χ4v) is 3.01. The predicted molar refractivity (Wildman–Crippen MR) is 90.9 cm³/mol. The Hall–Kier alpha value is -2.61. The first-order valence-corrected chi connectivity index (χ1v) is 7.82. The number of nitrogens with one attached hydrogen (secondary N) is 1. The van der Waals surface area contributed by atoms with Gasteiger partial charge in [0.05, 0.1) is 21.3 Å². The molecular formula is C16H18N2O5S. The fourth-order valence-electron chi connectivity index (χ4n) is 2.16. The summed E-state index contributed by atoms with van der Waals surface area (Å²) in [6.07, 6.45) is 0. The van der Waals surface area contributed by atoms with Crippen LogP contribution in [0.2, 0.25) is 0 Å². The van der Waals surface area contributed by atoms with Crippen LogP contribution in [0.4, 0.5) is 5.13 Å². The summed E-state index contributed by atoms with van der Waals surface area (Å²) >= 11 is 1.24. The smallest absolute Gasteiger partial charge is 0.257 e. The van der Waals surface area contributed by atoms with Crippen molar-refractivity contribution in [3.05, 3.63) is 28.3 Å². The van der Waals surface area contributed by atoms with E-state index in [2.05, 4.69) is 10.3 Å². The Morgan fingerprint density at radius 3 is 2.08 bits per heavy atom. The maximum absolute atomic E-state index is 12.5. The highest BCUT2D eigenvalue weighted by atomic mass is 32.1. The number of benzene rings is 1. The van der Waals surface area contributed by atoms with E-state index in [0.29, 0.717) is 33.6 Å². The van der Waals surface area contributed by atoms with Gasteiger partial charge in [0.1, 0.15) is 5.69 Å². The molecule has 128 valence electrons. The van der Waals surface area contributed by atoms with Gasteiger partial charge in [-0.3, -0.25) is 14.9 Å². The van der Waals surface area contributed by atoms with Crippen molar-refractivity contribution < 1.29 is 23.8 Å². The van der Waals surface area contributed by atoms with Crippen LogP contribution in [0, 0.1) is 6.92 Å². The van der Waals surface area contributed by atoms with Crippen molar-refractivity contribution in [3.8, 4) is 17.2 Å². The van der Waals surface area contributed by atoms with E-state index in [1.165, 1.54) is 39.6 Å². The third kappa shape index (κ3) is 3.48. The van der Waals surface area contributed by atoms with Crippen LogP contribution in [0.25, 0.3) is 0 Å². The zero-order valence-electron chi connectivity index (χ0n) is 14.1. The van der Waals surface area contributed by atoms with Gasteiger partial charge in [-0.1, -0.05) is 0 Å². The molecule has 0 aliphatic carbocycles. The summed E-state index contributed by atoms with van der Waals surface area (Å²) in [5.74, 6) is 0.624. The van der Waals surface area contributed by atoms with Gasteiger partial charge in [0, 0.05) is 17.4 Å². The maximum atomic E-state index is 12.5. The lowest BCUT2D eigenvalue weighted by atomic mass is 10.1. The average Bonchev–Trinajstić information content (AvgIpc) is 2.93. The van der Waals surface area contributed by atoms with Gasteiger partial charge in [-0.25, -0.2) is 4.98 Å². The molecule has 2 rings (SSSR count). The fraction of sp³-hybridized carbons (Fsp3) is 0.312. The van der Waals surface area contributed by atoms with Crippen molar-refractivity contribution in [2.45, 2.75) is 13.8 Å². The monoisotopic (exact) mass is 350 g/mol. The molecule has 24 heavy (non-hydrogen) atoms. The van der Waals surface area contributed by atoms with Crippen molar-refractivity contribution in [2.24, 2.45) is 0 Å². The molecule has 1 aromatic heterocycles. The minimum Gasteiger partial charge on any atom is -0.493 e. The zero-order valence-corrected chi connectivity index (χ0v) is 14.9. The molecule has 0 saturated carbocycles. The summed E-state index contributed by atoms with van der Waals surface area (Å²) in [6, 6.07) is 3.09. The average molecular weight is 350 g/mol. The highest BCUT2D eigenvalue weighted by Gasteiger charge is 2.19. The van der Waals surface area contributed by atoms with Crippen molar-refractivity contribution >= 4 is 28.2 Å². The molecule has 2 aromatic rings.